The Kier molecular flexibility index (Phi) is 6.63. The molecule has 11 nitrogen and oxygen atoms in total. The first-order valence-electron chi connectivity index (χ1n) is 6.52. The zero-order chi connectivity index (χ0) is 17.1. The molecule has 0 bridgehead atoms. The third kappa shape index (κ3) is 3.75. The summed E-state index contributed by atoms with van der Waals surface area (Å²) in [5.41, 5.74) is -1.68. The van der Waals surface area contributed by atoms with Crippen LogP contribution in [0.15, 0.2) is 0 Å². The van der Waals surface area contributed by atoms with E-state index in [0.29, 0.717) is 6.42 Å². The smallest absolute Gasteiger partial charge is 0.402 e. The van der Waals surface area contributed by atoms with Crippen LogP contribution in [0.5, 0.6) is 0 Å². The van der Waals surface area contributed by atoms with Gasteiger partial charge in [-0.15, -0.1) is 0 Å². The summed E-state index contributed by atoms with van der Waals surface area (Å²) in [5.74, 6) is -6.02. The van der Waals surface area contributed by atoms with Crippen molar-refractivity contribution in [2.24, 2.45) is 5.92 Å². The van der Waals surface area contributed by atoms with Crippen molar-refractivity contribution in [3.63, 3.8) is 0 Å². The van der Waals surface area contributed by atoms with Crippen molar-refractivity contribution in [1.82, 2.24) is 6.15 Å². The molecule has 0 radical (unpaired) electrons. The predicted octanol–water partition coefficient (Wildman–Crippen LogP) is -0.596. The van der Waals surface area contributed by atoms with Gasteiger partial charge in [-0.05, 0) is 6.42 Å². The molecule has 1 fully saturated rings. The summed E-state index contributed by atoms with van der Waals surface area (Å²) in [6, 6.07) is 0. The lowest BCUT2D eigenvalue weighted by atomic mass is 10.0. The fourth-order valence-electron chi connectivity index (χ4n) is 3.27. The first-order chi connectivity index (χ1) is 10.1. The number of carboxylic acid groups (broad SMARTS) is 3. The Morgan fingerprint density at radius 3 is 1.65 bits per heavy atom. The Bertz CT molecular complexity index is 466. The largest absolute Gasteiger partial charge is 0.477 e. The molecule has 0 amide bonds. The Morgan fingerprint density at radius 1 is 1.04 bits per heavy atom. The van der Waals surface area contributed by atoms with Gasteiger partial charge in [0.1, 0.15) is 0 Å². The van der Waals surface area contributed by atoms with Gasteiger partial charge in [0.15, 0.2) is 19.6 Å². The second-order valence-electron chi connectivity index (χ2n) is 5.41. The van der Waals surface area contributed by atoms with E-state index in [0.717, 1.165) is 0 Å². The van der Waals surface area contributed by atoms with Gasteiger partial charge >= 0.3 is 23.9 Å². The van der Waals surface area contributed by atoms with Crippen LogP contribution in [-0.4, -0.2) is 74.1 Å². The Morgan fingerprint density at radius 2 is 1.43 bits per heavy atom. The molecule has 0 heterocycles. The minimum atomic E-state index is -1.68. The van der Waals surface area contributed by atoms with E-state index in [4.69, 9.17) is 20.6 Å². The number of carbonyl (C=O) groups is 4. The van der Waals surface area contributed by atoms with Crippen LogP contribution < -0.4 is 6.15 Å². The number of rotatable bonds is 9. The summed E-state index contributed by atoms with van der Waals surface area (Å²) in [7, 11) is 0. The molecule has 1 aliphatic rings. The fraction of sp³-hybridized carbons (Fsp3) is 0.667. The summed E-state index contributed by atoms with van der Waals surface area (Å²) in [4.78, 5) is 49.1. The topological polar surface area (TPSA) is 193 Å². The first-order valence-corrected chi connectivity index (χ1v) is 6.52. The van der Waals surface area contributed by atoms with Crippen molar-refractivity contribution in [2.45, 2.75) is 25.3 Å². The molecule has 7 N–H and O–H groups in total. The summed E-state index contributed by atoms with van der Waals surface area (Å²) in [6.07, 6.45) is 0.435. The number of hydrogen-bond acceptors (Lipinski definition) is 7. The average molecular weight is 337 g/mol. The molecule has 1 aliphatic carbocycles. The van der Waals surface area contributed by atoms with Crippen LogP contribution in [0.4, 0.5) is 0 Å². The summed E-state index contributed by atoms with van der Waals surface area (Å²) < 4.78 is -1.04. The highest BCUT2D eigenvalue weighted by Crippen LogP contribution is 2.55. The average Bonchev–Trinajstić information content (AvgIpc) is 3.11. The van der Waals surface area contributed by atoms with Crippen molar-refractivity contribution >= 4 is 23.9 Å². The summed E-state index contributed by atoms with van der Waals surface area (Å²) in [6.45, 7) is -0.966. The van der Waals surface area contributed by atoms with E-state index in [9.17, 15) is 19.2 Å². The number of quaternary nitrogens is 1. The van der Waals surface area contributed by atoms with E-state index < -0.39 is 59.5 Å². The SMILES string of the molecule is CCC1CC1(C(=O)OO)[N+](CC(=O)O)(CC(=O)O)CC(=O)O.N. The molecule has 11 heteroatoms. The normalized spacial score (nSPS) is 22.6. The van der Waals surface area contributed by atoms with Crippen molar-refractivity contribution in [2.75, 3.05) is 19.6 Å². The quantitative estimate of drug-likeness (QED) is 0.206. The zero-order valence-electron chi connectivity index (χ0n) is 12.6. The summed E-state index contributed by atoms with van der Waals surface area (Å²) in [5, 5.41) is 35.9. The molecular weight excluding hydrogens is 316 g/mol. The minimum absolute atomic E-state index is 0. The molecule has 0 saturated heterocycles. The van der Waals surface area contributed by atoms with Crippen LogP contribution in [0.1, 0.15) is 19.8 Å². The van der Waals surface area contributed by atoms with Crippen molar-refractivity contribution < 1.29 is 49.1 Å². The van der Waals surface area contributed by atoms with E-state index in [1.165, 1.54) is 0 Å². The molecule has 0 aromatic rings. The molecule has 1 rings (SSSR count). The molecular formula is C12H21N2O9+. The van der Waals surface area contributed by atoms with Gasteiger partial charge in [0.05, 0.1) is 0 Å². The van der Waals surface area contributed by atoms with Gasteiger partial charge in [0, 0.05) is 12.3 Å². The van der Waals surface area contributed by atoms with Gasteiger partial charge in [0.2, 0.25) is 5.54 Å². The van der Waals surface area contributed by atoms with E-state index in [1.54, 1.807) is 6.92 Å². The maximum absolute atomic E-state index is 12.0. The van der Waals surface area contributed by atoms with Gasteiger partial charge in [-0.2, -0.15) is 5.26 Å². The van der Waals surface area contributed by atoms with Gasteiger partial charge in [-0.25, -0.2) is 19.2 Å². The van der Waals surface area contributed by atoms with E-state index >= 15 is 0 Å². The molecule has 2 unspecified atom stereocenters. The van der Waals surface area contributed by atoms with Gasteiger partial charge < -0.3 is 21.5 Å². The second-order valence-corrected chi connectivity index (χ2v) is 5.41. The molecule has 23 heavy (non-hydrogen) atoms. The molecule has 1 saturated carbocycles. The number of nitrogens with zero attached hydrogens (tertiary/aromatic N) is 1. The molecule has 0 aromatic carbocycles. The van der Waals surface area contributed by atoms with Crippen molar-refractivity contribution in [1.29, 1.82) is 0 Å². The maximum Gasteiger partial charge on any atom is 0.402 e. The Labute approximate surface area is 131 Å². The zero-order valence-corrected chi connectivity index (χ0v) is 12.6. The minimum Gasteiger partial charge on any atom is -0.477 e. The molecule has 132 valence electrons. The van der Waals surface area contributed by atoms with E-state index in [-0.39, 0.29) is 12.6 Å². The Hall–Kier alpha value is -2.24. The van der Waals surface area contributed by atoms with Crippen LogP contribution in [0.3, 0.4) is 0 Å². The third-order valence-corrected chi connectivity index (χ3v) is 4.16. The van der Waals surface area contributed by atoms with Gasteiger partial charge in [-0.3, -0.25) is 9.37 Å². The molecule has 0 aliphatic heterocycles. The van der Waals surface area contributed by atoms with Crippen LogP contribution in [0.2, 0.25) is 0 Å². The monoisotopic (exact) mass is 337 g/mol. The summed E-state index contributed by atoms with van der Waals surface area (Å²) >= 11 is 0. The lowest BCUT2D eigenvalue weighted by Crippen LogP contribution is -2.67. The third-order valence-electron chi connectivity index (χ3n) is 4.16. The van der Waals surface area contributed by atoms with Crippen molar-refractivity contribution in [3.8, 4) is 0 Å². The maximum atomic E-state index is 12.0. The van der Waals surface area contributed by atoms with Crippen molar-refractivity contribution in [3.05, 3.63) is 0 Å². The number of aliphatic carboxylic acids is 3. The van der Waals surface area contributed by atoms with Gasteiger partial charge in [0.25, 0.3) is 0 Å². The predicted molar refractivity (Wildman–Crippen MR) is 72.6 cm³/mol. The van der Waals surface area contributed by atoms with Crippen LogP contribution in [0, 0.1) is 5.92 Å². The highest BCUT2D eigenvalue weighted by Gasteiger charge is 2.75. The van der Waals surface area contributed by atoms with Crippen LogP contribution in [-0.2, 0) is 24.1 Å². The second kappa shape index (κ2) is 7.35. The standard InChI is InChI=1S/C12H17NO9.H3N/c1-2-7-3-12(7,11(20)22-21)13(4-8(14)15,5-9(16)17)6-10(18)19;/h7H,2-6H2,1H3,(H3-,14,15,16,17,18,19,21);1H3/p+1. The number of carbonyl (C=O) groups excluding carboxylic acids is 1. The number of carboxylic acids is 3. The first kappa shape index (κ1) is 20.8. The highest BCUT2D eigenvalue weighted by molar-refractivity contribution is 5.85. The van der Waals surface area contributed by atoms with E-state index in [2.05, 4.69) is 4.89 Å². The molecule has 0 spiro atoms. The molecule has 0 aromatic heterocycles. The van der Waals surface area contributed by atoms with Crippen LogP contribution >= 0.6 is 0 Å². The highest BCUT2D eigenvalue weighted by atomic mass is 17.1. The van der Waals surface area contributed by atoms with Gasteiger partial charge in [-0.1, -0.05) is 6.92 Å². The lowest BCUT2D eigenvalue weighted by molar-refractivity contribution is -0.935. The van der Waals surface area contributed by atoms with E-state index in [1.807, 2.05) is 0 Å². The Balaban J connectivity index is 0.00000484. The van der Waals surface area contributed by atoms with Crippen LogP contribution in [0.25, 0.3) is 0 Å². The lowest BCUT2D eigenvalue weighted by Gasteiger charge is -2.40. The fourth-order valence-corrected chi connectivity index (χ4v) is 3.27. The number of hydrogen-bond donors (Lipinski definition) is 5. The molecule has 2 atom stereocenters.